The van der Waals surface area contributed by atoms with Crippen LogP contribution < -0.4 is 10.2 Å². The zero-order valence-electron chi connectivity index (χ0n) is 11.2. The fraction of sp³-hybridized carbons (Fsp3) is 0.357. The Bertz CT molecular complexity index is 461. The predicted molar refractivity (Wildman–Crippen MR) is 72.2 cm³/mol. The van der Waals surface area contributed by atoms with Crippen LogP contribution in [-0.4, -0.2) is 34.5 Å². The molecule has 0 unspecified atom stereocenters. The number of ether oxygens (including phenoxy) is 1. The van der Waals surface area contributed by atoms with E-state index in [2.05, 4.69) is 0 Å². The summed E-state index contributed by atoms with van der Waals surface area (Å²) in [6, 6.07) is 6.89. The molecule has 20 heavy (non-hydrogen) atoms. The summed E-state index contributed by atoms with van der Waals surface area (Å²) in [5.74, 6) is -0.413. The van der Waals surface area contributed by atoms with E-state index in [1.807, 2.05) is 0 Å². The lowest BCUT2D eigenvalue weighted by Crippen LogP contribution is -2.16. The van der Waals surface area contributed by atoms with Crippen molar-refractivity contribution in [1.82, 2.24) is 5.48 Å². The van der Waals surface area contributed by atoms with Gasteiger partial charge in [-0.3, -0.25) is 10.0 Å². The van der Waals surface area contributed by atoms with Crippen LogP contribution in [0.4, 0.5) is 0 Å². The Kier molecular flexibility index (Phi) is 6.72. The van der Waals surface area contributed by atoms with Crippen molar-refractivity contribution < 1.29 is 25.0 Å². The van der Waals surface area contributed by atoms with E-state index in [0.29, 0.717) is 11.3 Å². The van der Waals surface area contributed by atoms with Crippen molar-refractivity contribution in [1.29, 1.82) is 0 Å². The Labute approximate surface area is 117 Å². The summed E-state index contributed by atoms with van der Waals surface area (Å²) in [6.07, 6.45) is 1.84. The SMILES string of the molecule is C[C@H](/C=C/C(=O)NO)[C@@H](O)c1cccc(OCCO)c1. The second-order valence-electron chi connectivity index (χ2n) is 4.28. The molecule has 2 atom stereocenters. The fourth-order valence-corrected chi connectivity index (χ4v) is 1.64. The zero-order valence-corrected chi connectivity index (χ0v) is 11.2. The van der Waals surface area contributed by atoms with Gasteiger partial charge in [-0.1, -0.05) is 25.1 Å². The maximum absolute atomic E-state index is 10.9. The predicted octanol–water partition coefficient (Wildman–Crippen LogP) is 0.789. The van der Waals surface area contributed by atoms with Crippen molar-refractivity contribution in [3.05, 3.63) is 42.0 Å². The minimum atomic E-state index is -0.810. The van der Waals surface area contributed by atoms with E-state index >= 15 is 0 Å². The van der Waals surface area contributed by atoms with Crippen LogP contribution in [0.3, 0.4) is 0 Å². The number of hydroxylamine groups is 1. The van der Waals surface area contributed by atoms with Gasteiger partial charge in [0.2, 0.25) is 0 Å². The molecule has 4 N–H and O–H groups in total. The molecule has 0 spiro atoms. The van der Waals surface area contributed by atoms with Crippen LogP contribution in [0, 0.1) is 5.92 Å². The molecule has 1 amide bonds. The summed E-state index contributed by atoms with van der Waals surface area (Å²) < 4.78 is 5.27. The van der Waals surface area contributed by atoms with Gasteiger partial charge < -0.3 is 14.9 Å². The smallest absolute Gasteiger partial charge is 0.267 e. The van der Waals surface area contributed by atoms with Crippen LogP contribution in [0.1, 0.15) is 18.6 Å². The van der Waals surface area contributed by atoms with E-state index in [1.165, 1.54) is 11.6 Å². The van der Waals surface area contributed by atoms with E-state index in [4.69, 9.17) is 15.1 Å². The molecule has 0 heterocycles. The molecule has 0 bridgehead atoms. The van der Waals surface area contributed by atoms with Gasteiger partial charge in [-0.25, -0.2) is 5.48 Å². The first-order valence-electron chi connectivity index (χ1n) is 6.22. The number of hydrogen-bond donors (Lipinski definition) is 4. The molecule has 1 rings (SSSR count). The third kappa shape index (κ3) is 5.00. The lowest BCUT2D eigenvalue weighted by atomic mass is 9.97. The van der Waals surface area contributed by atoms with Crippen molar-refractivity contribution in [2.24, 2.45) is 5.92 Å². The van der Waals surface area contributed by atoms with Crippen LogP contribution in [0.25, 0.3) is 0 Å². The average Bonchev–Trinajstić information content (AvgIpc) is 2.49. The highest BCUT2D eigenvalue weighted by Crippen LogP contribution is 2.25. The van der Waals surface area contributed by atoms with Gasteiger partial charge >= 0.3 is 0 Å². The largest absolute Gasteiger partial charge is 0.491 e. The Morgan fingerprint density at radius 2 is 2.25 bits per heavy atom. The van der Waals surface area contributed by atoms with Gasteiger partial charge in [0.25, 0.3) is 5.91 Å². The van der Waals surface area contributed by atoms with E-state index < -0.39 is 12.0 Å². The molecule has 1 aromatic rings. The highest BCUT2D eigenvalue weighted by atomic mass is 16.5. The Balaban J connectivity index is 2.72. The van der Waals surface area contributed by atoms with Crippen molar-refractivity contribution in [3.8, 4) is 5.75 Å². The molecule has 6 heteroatoms. The minimum Gasteiger partial charge on any atom is -0.491 e. The maximum atomic E-state index is 10.9. The first-order chi connectivity index (χ1) is 9.58. The van der Waals surface area contributed by atoms with Gasteiger partial charge in [0.15, 0.2) is 0 Å². The second kappa shape index (κ2) is 8.31. The summed E-state index contributed by atoms with van der Waals surface area (Å²) in [6.45, 7) is 1.85. The number of aliphatic hydroxyl groups excluding tert-OH is 2. The van der Waals surface area contributed by atoms with Crippen molar-refractivity contribution in [3.63, 3.8) is 0 Å². The van der Waals surface area contributed by atoms with Gasteiger partial charge in [-0.15, -0.1) is 0 Å². The number of aliphatic hydroxyl groups is 2. The highest BCUT2D eigenvalue weighted by molar-refractivity contribution is 5.86. The second-order valence-corrected chi connectivity index (χ2v) is 4.28. The van der Waals surface area contributed by atoms with E-state index in [9.17, 15) is 9.90 Å². The van der Waals surface area contributed by atoms with Gasteiger partial charge in [0.1, 0.15) is 12.4 Å². The van der Waals surface area contributed by atoms with Gasteiger partial charge in [0.05, 0.1) is 12.7 Å². The Morgan fingerprint density at radius 1 is 1.50 bits per heavy atom. The molecule has 0 aliphatic heterocycles. The third-order valence-electron chi connectivity index (χ3n) is 2.72. The molecule has 0 aliphatic carbocycles. The molecule has 0 aromatic heterocycles. The number of amides is 1. The number of benzene rings is 1. The summed E-state index contributed by atoms with van der Waals surface area (Å²) in [7, 11) is 0. The number of carbonyl (C=O) groups excluding carboxylic acids is 1. The van der Waals surface area contributed by atoms with E-state index in [0.717, 1.165) is 6.08 Å². The van der Waals surface area contributed by atoms with Gasteiger partial charge in [-0.05, 0) is 17.7 Å². The molecule has 0 fully saturated rings. The summed E-state index contributed by atoms with van der Waals surface area (Å²) in [5, 5.41) is 27.2. The topological polar surface area (TPSA) is 99.0 Å². The average molecular weight is 281 g/mol. The van der Waals surface area contributed by atoms with Crippen LogP contribution in [0.5, 0.6) is 5.75 Å². The quantitative estimate of drug-likeness (QED) is 0.336. The molecular formula is C14H19NO5. The number of rotatable bonds is 7. The van der Waals surface area contributed by atoms with Gasteiger partial charge in [0, 0.05) is 12.0 Å². The van der Waals surface area contributed by atoms with Crippen LogP contribution in [0.15, 0.2) is 36.4 Å². The Morgan fingerprint density at radius 3 is 2.90 bits per heavy atom. The molecule has 1 aromatic carbocycles. The Hall–Kier alpha value is -1.89. The number of carbonyl (C=O) groups is 1. The molecule has 110 valence electrons. The molecule has 0 aliphatic rings. The van der Waals surface area contributed by atoms with Gasteiger partial charge in [-0.2, -0.15) is 0 Å². The normalized spacial score (nSPS) is 14.0. The third-order valence-corrected chi connectivity index (χ3v) is 2.72. The molecular weight excluding hydrogens is 262 g/mol. The highest BCUT2D eigenvalue weighted by Gasteiger charge is 2.14. The number of nitrogens with one attached hydrogen (secondary N) is 1. The molecule has 0 saturated carbocycles. The van der Waals surface area contributed by atoms with Crippen LogP contribution in [-0.2, 0) is 4.79 Å². The standard InChI is InChI=1S/C14H19NO5/c1-10(5-6-13(17)15-19)14(18)11-3-2-4-12(9-11)20-8-7-16/h2-6,9-10,14,16,18-19H,7-8H2,1H3,(H,15,17)/b6-5+/t10-,14-/m1/s1. The summed E-state index contributed by atoms with van der Waals surface area (Å²) >= 11 is 0. The first kappa shape index (κ1) is 16.2. The monoisotopic (exact) mass is 281 g/mol. The van der Waals surface area contributed by atoms with E-state index in [1.54, 1.807) is 31.2 Å². The summed E-state index contributed by atoms with van der Waals surface area (Å²) in [4.78, 5) is 10.9. The van der Waals surface area contributed by atoms with Crippen molar-refractivity contribution in [2.75, 3.05) is 13.2 Å². The maximum Gasteiger partial charge on any atom is 0.267 e. The van der Waals surface area contributed by atoms with E-state index in [-0.39, 0.29) is 19.1 Å². The fourth-order valence-electron chi connectivity index (χ4n) is 1.64. The first-order valence-corrected chi connectivity index (χ1v) is 6.22. The molecule has 0 saturated heterocycles. The lowest BCUT2D eigenvalue weighted by Gasteiger charge is -2.16. The molecule has 0 radical (unpaired) electrons. The van der Waals surface area contributed by atoms with Crippen LogP contribution >= 0.6 is 0 Å². The lowest BCUT2D eigenvalue weighted by molar-refractivity contribution is -0.124. The van der Waals surface area contributed by atoms with Crippen molar-refractivity contribution in [2.45, 2.75) is 13.0 Å². The zero-order chi connectivity index (χ0) is 15.0. The van der Waals surface area contributed by atoms with Crippen LogP contribution in [0.2, 0.25) is 0 Å². The minimum absolute atomic E-state index is 0.0812. The summed E-state index contributed by atoms with van der Waals surface area (Å²) in [5.41, 5.74) is 2.12. The molecule has 6 nitrogen and oxygen atoms in total. The number of hydrogen-bond acceptors (Lipinski definition) is 5. The van der Waals surface area contributed by atoms with Crippen molar-refractivity contribution >= 4 is 5.91 Å².